The molecule has 6 heteroatoms. The lowest BCUT2D eigenvalue weighted by Gasteiger charge is -2.35. The molecule has 1 saturated heterocycles. The normalized spacial score (nSPS) is 15.9. The molecule has 2 aromatic carbocycles. The van der Waals surface area contributed by atoms with Gasteiger partial charge in [0.15, 0.2) is 0 Å². The van der Waals surface area contributed by atoms with Gasteiger partial charge in [-0.15, -0.1) is 12.4 Å². The van der Waals surface area contributed by atoms with E-state index in [1.54, 1.807) is 12.1 Å². The predicted molar refractivity (Wildman–Crippen MR) is 115 cm³/mol. The number of para-hydroxylation sites is 1. The smallest absolute Gasteiger partial charge is 0.123 e. The molecule has 0 bridgehead atoms. The molecule has 0 radical (unpaired) electrons. The molecule has 0 amide bonds. The summed E-state index contributed by atoms with van der Waals surface area (Å²) in [5.74, 6) is 1.64. The Kier molecular flexibility index (Phi) is 7.98. The SMILES string of the molecule is Cc1cc(OCC(c2ccccc2O)N2CCNCC2)c(C(C)C)cc1O.Cl. The van der Waals surface area contributed by atoms with Gasteiger partial charge in [0.1, 0.15) is 23.9 Å². The number of aryl methyl sites for hydroxylation is 1. The van der Waals surface area contributed by atoms with E-state index in [1.165, 1.54) is 0 Å². The third kappa shape index (κ3) is 5.10. The minimum Gasteiger partial charge on any atom is -0.508 e. The summed E-state index contributed by atoms with van der Waals surface area (Å²) in [5, 5.41) is 23.8. The molecule has 1 heterocycles. The van der Waals surface area contributed by atoms with Gasteiger partial charge in [-0.05, 0) is 36.6 Å². The topological polar surface area (TPSA) is 65.0 Å². The van der Waals surface area contributed by atoms with Crippen molar-refractivity contribution in [3.63, 3.8) is 0 Å². The Balaban J connectivity index is 0.00000280. The summed E-state index contributed by atoms with van der Waals surface area (Å²) in [6, 6.07) is 11.2. The van der Waals surface area contributed by atoms with Crippen molar-refractivity contribution in [2.75, 3.05) is 32.8 Å². The number of aromatic hydroxyl groups is 2. The largest absolute Gasteiger partial charge is 0.508 e. The predicted octanol–water partition coefficient (Wildman–Crippen LogP) is 3.98. The van der Waals surface area contributed by atoms with E-state index in [-0.39, 0.29) is 24.4 Å². The van der Waals surface area contributed by atoms with E-state index in [0.717, 1.165) is 48.6 Å². The highest BCUT2D eigenvalue weighted by molar-refractivity contribution is 5.85. The number of piperazine rings is 1. The second-order valence-electron chi connectivity index (χ2n) is 7.50. The Hall–Kier alpha value is -1.95. The van der Waals surface area contributed by atoms with E-state index < -0.39 is 0 Å². The van der Waals surface area contributed by atoms with Crippen LogP contribution in [0.2, 0.25) is 0 Å². The average molecular weight is 407 g/mol. The molecule has 1 atom stereocenters. The van der Waals surface area contributed by atoms with E-state index in [0.29, 0.717) is 18.1 Å². The van der Waals surface area contributed by atoms with E-state index in [4.69, 9.17) is 4.74 Å². The minimum absolute atomic E-state index is 0. The molecule has 0 spiro atoms. The van der Waals surface area contributed by atoms with E-state index in [9.17, 15) is 10.2 Å². The molecule has 1 aliphatic rings. The quantitative estimate of drug-likeness (QED) is 0.677. The molecule has 0 saturated carbocycles. The van der Waals surface area contributed by atoms with Crippen LogP contribution < -0.4 is 10.1 Å². The molecular weight excluding hydrogens is 376 g/mol. The highest BCUT2D eigenvalue weighted by Crippen LogP contribution is 2.35. The van der Waals surface area contributed by atoms with Gasteiger partial charge in [0.25, 0.3) is 0 Å². The molecule has 3 N–H and O–H groups in total. The second-order valence-corrected chi connectivity index (χ2v) is 7.50. The van der Waals surface area contributed by atoms with Gasteiger partial charge >= 0.3 is 0 Å². The number of hydrogen-bond acceptors (Lipinski definition) is 5. The lowest BCUT2D eigenvalue weighted by Crippen LogP contribution is -2.46. The van der Waals surface area contributed by atoms with Gasteiger partial charge in [-0.3, -0.25) is 4.90 Å². The van der Waals surface area contributed by atoms with Gasteiger partial charge in [-0.1, -0.05) is 32.0 Å². The summed E-state index contributed by atoms with van der Waals surface area (Å²) < 4.78 is 6.27. The van der Waals surface area contributed by atoms with Crippen LogP contribution in [0, 0.1) is 6.92 Å². The van der Waals surface area contributed by atoms with Crippen LogP contribution in [-0.2, 0) is 0 Å². The highest BCUT2D eigenvalue weighted by atomic mass is 35.5. The maximum absolute atomic E-state index is 10.4. The van der Waals surface area contributed by atoms with Gasteiger partial charge in [0.2, 0.25) is 0 Å². The monoisotopic (exact) mass is 406 g/mol. The number of hydrogen-bond donors (Lipinski definition) is 3. The first-order valence-electron chi connectivity index (χ1n) is 9.66. The summed E-state index contributed by atoms with van der Waals surface area (Å²) in [4.78, 5) is 2.36. The molecule has 2 aromatic rings. The Bertz CT molecular complexity index is 776. The van der Waals surface area contributed by atoms with Crippen molar-refractivity contribution in [1.29, 1.82) is 0 Å². The Morgan fingerprint density at radius 2 is 1.71 bits per heavy atom. The molecular formula is C22H31ClN2O3. The van der Waals surface area contributed by atoms with Crippen molar-refractivity contribution >= 4 is 12.4 Å². The van der Waals surface area contributed by atoms with Gasteiger partial charge in [0, 0.05) is 37.3 Å². The first kappa shape index (κ1) is 22.3. The number of rotatable bonds is 6. The van der Waals surface area contributed by atoms with Crippen LogP contribution in [0.15, 0.2) is 36.4 Å². The standard InChI is InChI=1S/C22H30N2O3.ClH/c1-15(2)18-13-21(26)16(3)12-22(18)27-14-19(24-10-8-23-9-11-24)17-6-4-5-7-20(17)25;/h4-7,12-13,15,19,23,25-26H,8-11,14H2,1-3H3;1H. The summed E-state index contributed by atoms with van der Waals surface area (Å²) in [5.41, 5.74) is 2.69. The fraction of sp³-hybridized carbons (Fsp3) is 0.455. The molecule has 28 heavy (non-hydrogen) atoms. The number of ether oxygens (including phenoxy) is 1. The van der Waals surface area contributed by atoms with Gasteiger partial charge in [-0.2, -0.15) is 0 Å². The van der Waals surface area contributed by atoms with Gasteiger partial charge in [-0.25, -0.2) is 0 Å². The Morgan fingerprint density at radius 3 is 2.36 bits per heavy atom. The molecule has 5 nitrogen and oxygen atoms in total. The van der Waals surface area contributed by atoms with Crippen molar-refractivity contribution < 1.29 is 14.9 Å². The van der Waals surface area contributed by atoms with Crippen LogP contribution in [0.1, 0.15) is 42.5 Å². The fourth-order valence-corrected chi connectivity index (χ4v) is 3.59. The first-order chi connectivity index (χ1) is 13.0. The lowest BCUT2D eigenvalue weighted by molar-refractivity contribution is 0.118. The zero-order valence-corrected chi connectivity index (χ0v) is 17.6. The molecule has 154 valence electrons. The second kappa shape index (κ2) is 10.0. The third-order valence-electron chi connectivity index (χ3n) is 5.24. The zero-order valence-electron chi connectivity index (χ0n) is 16.8. The van der Waals surface area contributed by atoms with Crippen molar-refractivity contribution in [2.45, 2.75) is 32.7 Å². The summed E-state index contributed by atoms with van der Waals surface area (Å²) in [6.07, 6.45) is 0. The van der Waals surface area contributed by atoms with E-state index in [2.05, 4.69) is 24.1 Å². The number of nitrogens with zero attached hydrogens (tertiary/aromatic N) is 1. The van der Waals surface area contributed by atoms with Crippen LogP contribution in [0.5, 0.6) is 17.2 Å². The maximum atomic E-state index is 10.4. The van der Waals surface area contributed by atoms with Crippen LogP contribution in [0.3, 0.4) is 0 Å². The van der Waals surface area contributed by atoms with Crippen LogP contribution >= 0.6 is 12.4 Å². The van der Waals surface area contributed by atoms with E-state index in [1.807, 2.05) is 31.2 Å². The zero-order chi connectivity index (χ0) is 19.4. The molecule has 0 aliphatic carbocycles. The van der Waals surface area contributed by atoms with E-state index >= 15 is 0 Å². The van der Waals surface area contributed by atoms with Crippen molar-refractivity contribution in [2.24, 2.45) is 0 Å². The molecule has 3 rings (SSSR count). The Labute approximate surface area is 173 Å². The van der Waals surface area contributed by atoms with Crippen LogP contribution in [-0.4, -0.2) is 47.9 Å². The fourth-order valence-electron chi connectivity index (χ4n) is 3.59. The van der Waals surface area contributed by atoms with Crippen LogP contribution in [0.4, 0.5) is 0 Å². The number of phenolic OH excluding ortho intramolecular Hbond substituents is 2. The van der Waals surface area contributed by atoms with Gasteiger partial charge < -0.3 is 20.3 Å². The number of nitrogens with one attached hydrogen (secondary N) is 1. The minimum atomic E-state index is -0.0255. The van der Waals surface area contributed by atoms with Crippen molar-refractivity contribution in [3.05, 3.63) is 53.1 Å². The third-order valence-corrected chi connectivity index (χ3v) is 5.24. The first-order valence-corrected chi connectivity index (χ1v) is 9.66. The summed E-state index contributed by atoms with van der Waals surface area (Å²) >= 11 is 0. The number of halogens is 1. The molecule has 0 aromatic heterocycles. The van der Waals surface area contributed by atoms with Crippen molar-refractivity contribution in [3.8, 4) is 17.2 Å². The van der Waals surface area contributed by atoms with Crippen LogP contribution in [0.25, 0.3) is 0 Å². The number of phenols is 2. The average Bonchev–Trinajstić information content (AvgIpc) is 2.66. The van der Waals surface area contributed by atoms with Crippen molar-refractivity contribution in [1.82, 2.24) is 10.2 Å². The summed E-state index contributed by atoms with van der Waals surface area (Å²) in [6.45, 7) is 10.2. The molecule has 1 unspecified atom stereocenters. The number of benzene rings is 2. The lowest BCUT2D eigenvalue weighted by atomic mass is 9.99. The molecule has 1 aliphatic heterocycles. The van der Waals surface area contributed by atoms with Gasteiger partial charge in [0.05, 0.1) is 6.04 Å². The molecule has 1 fully saturated rings. The highest BCUT2D eigenvalue weighted by Gasteiger charge is 2.25. The maximum Gasteiger partial charge on any atom is 0.123 e. The Morgan fingerprint density at radius 1 is 1.04 bits per heavy atom. The summed E-state index contributed by atoms with van der Waals surface area (Å²) in [7, 11) is 0.